The van der Waals surface area contributed by atoms with Crippen molar-refractivity contribution in [3.05, 3.63) is 28.2 Å². The predicted octanol–water partition coefficient (Wildman–Crippen LogP) is 3.08. The van der Waals surface area contributed by atoms with Gasteiger partial charge in [0.15, 0.2) is 9.84 Å². The summed E-state index contributed by atoms with van der Waals surface area (Å²) in [4.78, 5) is -0.289. The Labute approximate surface area is 117 Å². The summed E-state index contributed by atoms with van der Waals surface area (Å²) in [5.41, 5.74) is 0. The van der Waals surface area contributed by atoms with Gasteiger partial charge in [-0.3, -0.25) is 0 Å². The van der Waals surface area contributed by atoms with Gasteiger partial charge < -0.3 is 5.11 Å². The van der Waals surface area contributed by atoms with Crippen LogP contribution in [0.1, 0.15) is 6.42 Å². The van der Waals surface area contributed by atoms with Gasteiger partial charge >= 0.3 is 6.18 Å². The van der Waals surface area contributed by atoms with Crippen LogP contribution in [-0.2, 0) is 9.84 Å². The van der Waals surface area contributed by atoms with Gasteiger partial charge in [-0.2, -0.15) is 13.2 Å². The molecule has 0 saturated heterocycles. The maximum atomic E-state index is 12.0. The number of rotatable bonds is 4. The average Bonchev–Trinajstić information content (AvgIpc) is 2.17. The summed E-state index contributed by atoms with van der Waals surface area (Å²) in [6.45, 7) is 0. The van der Waals surface area contributed by atoms with Crippen LogP contribution in [0.15, 0.2) is 23.1 Å². The zero-order valence-corrected chi connectivity index (χ0v) is 11.6. The SMILES string of the molecule is O=S(=O)(CC(O)CC(F)(F)F)c1ccc(Cl)c(Cl)c1. The van der Waals surface area contributed by atoms with Crippen LogP contribution in [0, 0.1) is 0 Å². The summed E-state index contributed by atoms with van der Waals surface area (Å²) in [5, 5.41) is 9.23. The molecule has 108 valence electrons. The Balaban J connectivity index is 2.89. The number of halogens is 5. The van der Waals surface area contributed by atoms with Gasteiger partial charge in [0.1, 0.15) is 0 Å². The highest BCUT2D eigenvalue weighted by Gasteiger charge is 2.33. The van der Waals surface area contributed by atoms with Gasteiger partial charge in [0.05, 0.1) is 33.2 Å². The van der Waals surface area contributed by atoms with E-state index in [0.717, 1.165) is 12.1 Å². The lowest BCUT2D eigenvalue weighted by Gasteiger charge is -2.13. The van der Waals surface area contributed by atoms with Crippen molar-refractivity contribution in [3.63, 3.8) is 0 Å². The Bertz CT molecular complexity index is 558. The van der Waals surface area contributed by atoms with Crippen molar-refractivity contribution in [2.24, 2.45) is 0 Å². The molecule has 1 aromatic rings. The molecule has 0 aliphatic heterocycles. The number of alkyl halides is 3. The standard InChI is InChI=1S/C10H9Cl2F3O3S/c11-8-2-1-7(3-9(8)12)19(17,18)5-6(16)4-10(13,14)15/h1-3,6,16H,4-5H2. The first-order valence-corrected chi connectivity index (χ1v) is 7.35. The lowest BCUT2D eigenvalue weighted by Crippen LogP contribution is -2.27. The normalized spacial score (nSPS) is 14.4. The summed E-state index contributed by atoms with van der Waals surface area (Å²) in [6.07, 6.45) is -8.25. The van der Waals surface area contributed by atoms with E-state index in [1.807, 2.05) is 0 Å². The van der Waals surface area contributed by atoms with Gasteiger partial charge in [-0.1, -0.05) is 23.2 Å². The number of hydrogen-bond acceptors (Lipinski definition) is 3. The molecule has 0 aromatic heterocycles. The van der Waals surface area contributed by atoms with Crippen LogP contribution in [-0.4, -0.2) is 31.6 Å². The van der Waals surface area contributed by atoms with Crippen LogP contribution in [0.4, 0.5) is 13.2 Å². The molecule has 3 nitrogen and oxygen atoms in total. The van der Waals surface area contributed by atoms with E-state index in [9.17, 15) is 21.6 Å². The second kappa shape index (κ2) is 5.87. The minimum Gasteiger partial charge on any atom is -0.392 e. The predicted molar refractivity (Wildman–Crippen MR) is 65.2 cm³/mol. The van der Waals surface area contributed by atoms with Gasteiger partial charge in [0.2, 0.25) is 0 Å². The van der Waals surface area contributed by atoms with Gasteiger partial charge in [-0.25, -0.2) is 8.42 Å². The third kappa shape index (κ3) is 5.18. The fraction of sp³-hybridized carbons (Fsp3) is 0.400. The molecule has 0 bridgehead atoms. The summed E-state index contributed by atoms with van der Waals surface area (Å²) in [6, 6.07) is 3.36. The molecular weight excluding hydrogens is 328 g/mol. The number of aliphatic hydroxyl groups excluding tert-OH is 1. The van der Waals surface area contributed by atoms with E-state index < -0.39 is 34.3 Å². The molecular formula is C10H9Cl2F3O3S. The van der Waals surface area contributed by atoms with Crippen LogP contribution >= 0.6 is 23.2 Å². The Morgan fingerprint density at radius 3 is 2.26 bits per heavy atom. The van der Waals surface area contributed by atoms with Crippen molar-refractivity contribution in [2.75, 3.05) is 5.75 Å². The average molecular weight is 337 g/mol. The van der Waals surface area contributed by atoms with Crippen molar-refractivity contribution >= 4 is 33.0 Å². The van der Waals surface area contributed by atoms with Gasteiger partial charge in [0, 0.05) is 0 Å². The third-order valence-electron chi connectivity index (χ3n) is 2.13. The Morgan fingerprint density at radius 2 is 1.79 bits per heavy atom. The van der Waals surface area contributed by atoms with E-state index in [2.05, 4.69) is 0 Å². The number of benzene rings is 1. The number of hydrogen-bond donors (Lipinski definition) is 1. The molecule has 1 atom stereocenters. The fourth-order valence-corrected chi connectivity index (χ4v) is 3.10. The molecule has 0 saturated carbocycles. The van der Waals surface area contributed by atoms with Crippen LogP contribution in [0.25, 0.3) is 0 Å². The van der Waals surface area contributed by atoms with Crippen molar-refractivity contribution in [1.29, 1.82) is 0 Å². The summed E-state index contributed by atoms with van der Waals surface area (Å²) >= 11 is 11.2. The maximum absolute atomic E-state index is 12.0. The van der Waals surface area contributed by atoms with Crippen molar-refractivity contribution in [3.8, 4) is 0 Å². The number of sulfone groups is 1. The molecule has 19 heavy (non-hydrogen) atoms. The molecule has 1 rings (SSSR count). The molecule has 0 aliphatic rings. The Kier molecular flexibility index (Phi) is 5.11. The minimum absolute atomic E-state index is 0.0342. The van der Waals surface area contributed by atoms with Crippen molar-refractivity contribution < 1.29 is 26.7 Å². The molecule has 1 N–H and O–H groups in total. The maximum Gasteiger partial charge on any atom is 0.391 e. The molecule has 1 unspecified atom stereocenters. The topological polar surface area (TPSA) is 54.4 Å². The smallest absolute Gasteiger partial charge is 0.391 e. The van der Waals surface area contributed by atoms with E-state index in [4.69, 9.17) is 28.3 Å². The third-order valence-corrected chi connectivity index (χ3v) is 4.66. The number of aliphatic hydroxyl groups is 1. The Morgan fingerprint density at radius 1 is 1.21 bits per heavy atom. The largest absolute Gasteiger partial charge is 0.392 e. The molecule has 0 radical (unpaired) electrons. The lowest BCUT2D eigenvalue weighted by atomic mass is 10.3. The van der Waals surface area contributed by atoms with Crippen molar-refractivity contribution in [2.45, 2.75) is 23.6 Å². The minimum atomic E-state index is -4.63. The summed E-state index contributed by atoms with van der Waals surface area (Å²) in [7, 11) is -4.06. The molecule has 0 spiro atoms. The molecule has 1 aromatic carbocycles. The first-order valence-electron chi connectivity index (χ1n) is 4.94. The highest BCUT2D eigenvalue weighted by Crippen LogP contribution is 2.27. The highest BCUT2D eigenvalue weighted by atomic mass is 35.5. The molecule has 0 amide bonds. The Hall–Kier alpha value is -0.500. The molecule has 0 aliphatic carbocycles. The van der Waals surface area contributed by atoms with Gasteiger partial charge in [-0.05, 0) is 18.2 Å². The van der Waals surface area contributed by atoms with E-state index in [1.165, 1.54) is 6.07 Å². The molecule has 0 heterocycles. The van der Waals surface area contributed by atoms with Crippen LogP contribution < -0.4 is 0 Å². The van der Waals surface area contributed by atoms with Gasteiger partial charge in [0.25, 0.3) is 0 Å². The van der Waals surface area contributed by atoms with Crippen LogP contribution in [0.3, 0.4) is 0 Å². The van der Waals surface area contributed by atoms with E-state index in [-0.39, 0.29) is 14.9 Å². The monoisotopic (exact) mass is 336 g/mol. The second-order valence-electron chi connectivity index (χ2n) is 3.83. The van der Waals surface area contributed by atoms with Gasteiger partial charge in [-0.15, -0.1) is 0 Å². The second-order valence-corrected chi connectivity index (χ2v) is 6.68. The van der Waals surface area contributed by atoms with E-state index in [1.54, 1.807) is 0 Å². The lowest BCUT2D eigenvalue weighted by molar-refractivity contribution is -0.150. The zero-order valence-electron chi connectivity index (χ0n) is 9.29. The quantitative estimate of drug-likeness (QED) is 0.919. The van der Waals surface area contributed by atoms with Crippen molar-refractivity contribution in [1.82, 2.24) is 0 Å². The van der Waals surface area contributed by atoms with Crippen LogP contribution in [0.5, 0.6) is 0 Å². The first-order chi connectivity index (χ1) is 8.51. The molecule has 9 heteroatoms. The molecule has 0 fully saturated rings. The summed E-state index contributed by atoms with van der Waals surface area (Å²) < 4.78 is 59.5. The van der Waals surface area contributed by atoms with Crippen LogP contribution in [0.2, 0.25) is 10.0 Å². The highest BCUT2D eigenvalue weighted by molar-refractivity contribution is 7.91. The van der Waals surface area contributed by atoms with E-state index >= 15 is 0 Å². The fourth-order valence-electron chi connectivity index (χ4n) is 1.35. The summed E-state index contributed by atoms with van der Waals surface area (Å²) in [5.74, 6) is -1.04. The first kappa shape index (κ1) is 16.6. The zero-order chi connectivity index (χ0) is 14.8. The van der Waals surface area contributed by atoms with E-state index in [0.29, 0.717) is 0 Å².